The monoisotopic (exact) mass is 1130 g/mol. The summed E-state index contributed by atoms with van der Waals surface area (Å²) in [5, 5.41) is 0. The lowest BCUT2D eigenvalue weighted by Gasteiger charge is -2.52. The molecule has 0 aromatic carbocycles. The second kappa shape index (κ2) is 47.4. The quantitative estimate of drug-likeness (QED) is 0.0420. The van der Waals surface area contributed by atoms with Gasteiger partial charge < -0.3 is 75.8 Å². The van der Waals surface area contributed by atoms with E-state index in [-0.39, 0.29) is 13.2 Å². The Morgan fingerprint density at radius 3 is 0.861 bits per heavy atom. The van der Waals surface area contributed by atoms with Gasteiger partial charge in [0.1, 0.15) is 73.2 Å². The summed E-state index contributed by atoms with van der Waals surface area (Å²) in [7, 11) is 0. The van der Waals surface area contributed by atoms with E-state index < -0.39 is 92.1 Å². The van der Waals surface area contributed by atoms with Crippen LogP contribution in [0.2, 0.25) is 0 Å². The molecule has 79 heavy (non-hydrogen) atoms. The molecule has 0 aromatic rings. The number of hydrogen-bond donors (Lipinski definition) is 0. The van der Waals surface area contributed by atoms with Gasteiger partial charge in [-0.15, -0.1) is 6.58 Å². The van der Waals surface area contributed by atoms with Crippen LogP contribution in [0.15, 0.2) is 12.7 Å². The number of hydrogen-bond acceptors (Lipinski definition) is 16. The lowest BCUT2D eigenvalue weighted by atomic mass is 9.95. The summed E-state index contributed by atoms with van der Waals surface area (Å²) in [6.45, 7) is 32.1. The highest BCUT2D eigenvalue weighted by Crippen LogP contribution is 2.38. The first kappa shape index (κ1) is 72.4. The Bertz CT molecular complexity index is 1380. The molecule has 16 nitrogen and oxygen atoms in total. The van der Waals surface area contributed by atoms with Gasteiger partial charge >= 0.3 is 0 Å². The Kier molecular flexibility index (Phi) is 43.4. The van der Waals surface area contributed by atoms with E-state index in [4.69, 9.17) is 75.8 Å². The molecule has 0 N–H and O–H groups in total. The Labute approximate surface area is 481 Å². The zero-order chi connectivity index (χ0) is 57.1. The SMILES string of the molecule is C=CCCCO[C@@H]1OC(COCCCC)[C@@H](O[C@@H]2OC(COCCCC)[C@H](O[C@H]3OC(COCCCC)[C@H](OCCCC)[C@H](OCCCC)C3OCCCC)C(OCCCC)[C@@H]2OCCCC)C(OCCCC)[C@@H]1OCCCC. The van der Waals surface area contributed by atoms with Crippen molar-refractivity contribution in [2.45, 2.75) is 303 Å². The summed E-state index contributed by atoms with van der Waals surface area (Å²) in [5.41, 5.74) is 0. The molecule has 468 valence electrons. The van der Waals surface area contributed by atoms with Crippen molar-refractivity contribution in [1.82, 2.24) is 0 Å². The van der Waals surface area contributed by atoms with E-state index in [1.54, 1.807) is 0 Å². The van der Waals surface area contributed by atoms with E-state index in [0.717, 1.165) is 141 Å². The van der Waals surface area contributed by atoms with Gasteiger partial charge in [0.05, 0.1) is 26.4 Å². The fraction of sp³-hybridized carbons (Fsp3) is 0.968. The average Bonchev–Trinajstić information content (AvgIpc) is 3.55. The standard InChI is InChI=1S/C63H120O16/c1-12-23-34-45-74-61-58(71-42-31-20-9)56(69-40-29-18-7)53(50(75-61)47-65-36-25-14-3)78-63-60(73-44-33-22-11)57(70-41-30-19-8)54(51(77-63)48-66-37-26-15-4)79-62-59(72-43-32-21-10)55(68-39-28-17-6)52(67-38-27-16-5)49(76-62)46-64-35-24-13-2/h12,49-63H,1,13-48H2,2-11H3/t49?,50?,51?,52-,53+,54-,55-,56?,57?,58-,59?,60-,61+,62+,63-/m0/s1. The van der Waals surface area contributed by atoms with Gasteiger partial charge in [-0.1, -0.05) is 140 Å². The van der Waals surface area contributed by atoms with Crippen LogP contribution in [0.3, 0.4) is 0 Å². The molecule has 6 unspecified atom stereocenters. The zero-order valence-electron chi connectivity index (χ0n) is 51.9. The van der Waals surface area contributed by atoms with Crippen molar-refractivity contribution in [2.24, 2.45) is 0 Å². The number of rotatable bonds is 52. The maximum atomic E-state index is 7.54. The minimum Gasteiger partial charge on any atom is -0.379 e. The molecule has 0 aliphatic carbocycles. The van der Waals surface area contributed by atoms with Crippen molar-refractivity contribution in [3.05, 3.63) is 12.7 Å². The topological polar surface area (TPSA) is 148 Å². The fourth-order valence-electron chi connectivity index (χ4n) is 9.64. The Hall–Kier alpha value is -0.900. The molecule has 16 heteroatoms. The summed E-state index contributed by atoms with van der Waals surface area (Å²) in [5.74, 6) is 0. The highest BCUT2D eigenvalue weighted by Gasteiger charge is 2.57. The third kappa shape index (κ3) is 27.3. The second-order valence-electron chi connectivity index (χ2n) is 21.7. The molecule has 3 saturated heterocycles. The predicted molar refractivity (Wildman–Crippen MR) is 311 cm³/mol. The number of allylic oxidation sites excluding steroid dienone is 1. The van der Waals surface area contributed by atoms with Gasteiger partial charge in [0.2, 0.25) is 0 Å². The van der Waals surface area contributed by atoms with Crippen LogP contribution >= 0.6 is 0 Å². The van der Waals surface area contributed by atoms with Crippen molar-refractivity contribution < 1.29 is 75.8 Å². The Morgan fingerprint density at radius 1 is 0.278 bits per heavy atom. The maximum Gasteiger partial charge on any atom is 0.187 e. The summed E-state index contributed by atoms with van der Waals surface area (Å²) >= 11 is 0. The van der Waals surface area contributed by atoms with Gasteiger partial charge in [-0.25, -0.2) is 0 Å². The normalized spacial score (nSPS) is 29.4. The van der Waals surface area contributed by atoms with E-state index >= 15 is 0 Å². The van der Waals surface area contributed by atoms with Gasteiger partial charge in [0, 0.05) is 66.1 Å². The molecular formula is C63H120O16. The third-order valence-electron chi connectivity index (χ3n) is 14.6. The number of ether oxygens (including phenoxy) is 16. The Morgan fingerprint density at radius 2 is 0.532 bits per heavy atom. The van der Waals surface area contributed by atoms with Crippen LogP contribution in [0.5, 0.6) is 0 Å². The van der Waals surface area contributed by atoms with E-state index in [0.29, 0.717) is 79.3 Å². The van der Waals surface area contributed by atoms with Crippen LogP contribution < -0.4 is 0 Å². The lowest BCUT2D eigenvalue weighted by molar-refractivity contribution is -0.392. The molecule has 15 atom stereocenters. The van der Waals surface area contributed by atoms with Crippen LogP contribution in [-0.2, 0) is 75.8 Å². The van der Waals surface area contributed by atoms with E-state index in [9.17, 15) is 0 Å². The minimum atomic E-state index is -0.987. The first-order chi connectivity index (χ1) is 38.9. The van der Waals surface area contributed by atoms with Gasteiger partial charge in [0.25, 0.3) is 0 Å². The van der Waals surface area contributed by atoms with Crippen LogP contribution in [0, 0.1) is 0 Å². The molecule has 3 aliphatic rings. The van der Waals surface area contributed by atoms with Crippen molar-refractivity contribution in [3.63, 3.8) is 0 Å². The minimum absolute atomic E-state index is 0.196. The summed E-state index contributed by atoms with van der Waals surface area (Å²) in [4.78, 5) is 0. The van der Waals surface area contributed by atoms with E-state index in [1.807, 2.05) is 6.08 Å². The molecule has 3 heterocycles. The molecule has 0 aromatic heterocycles. The van der Waals surface area contributed by atoms with Crippen LogP contribution in [0.4, 0.5) is 0 Å². The molecule has 0 saturated carbocycles. The van der Waals surface area contributed by atoms with Gasteiger partial charge in [-0.2, -0.15) is 0 Å². The van der Waals surface area contributed by atoms with E-state index in [2.05, 4.69) is 75.8 Å². The fourth-order valence-corrected chi connectivity index (χ4v) is 9.64. The van der Waals surface area contributed by atoms with E-state index in [1.165, 1.54) is 0 Å². The van der Waals surface area contributed by atoms with Crippen molar-refractivity contribution in [3.8, 4) is 0 Å². The molecule has 3 aliphatic heterocycles. The molecule has 3 fully saturated rings. The second-order valence-corrected chi connectivity index (χ2v) is 21.7. The highest BCUT2D eigenvalue weighted by atomic mass is 16.8. The van der Waals surface area contributed by atoms with Gasteiger partial charge in [-0.05, 0) is 77.0 Å². The maximum absolute atomic E-state index is 7.54. The first-order valence-electron chi connectivity index (χ1n) is 32.4. The molecule has 0 radical (unpaired) electrons. The molecule has 3 rings (SSSR count). The lowest BCUT2D eigenvalue weighted by Crippen LogP contribution is -2.68. The van der Waals surface area contributed by atoms with Crippen molar-refractivity contribution >= 4 is 0 Å². The highest BCUT2D eigenvalue weighted by molar-refractivity contribution is 5.00. The number of unbranched alkanes of at least 4 members (excludes halogenated alkanes) is 11. The average molecular weight is 1130 g/mol. The molecule has 0 amide bonds. The third-order valence-corrected chi connectivity index (χ3v) is 14.6. The van der Waals surface area contributed by atoms with Crippen molar-refractivity contribution in [1.29, 1.82) is 0 Å². The van der Waals surface area contributed by atoms with Crippen LogP contribution in [0.25, 0.3) is 0 Å². The predicted octanol–water partition coefficient (Wildman–Crippen LogP) is 12.7. The zero-order valence-corrected chi connectivity index (χ0v) is 51.9. The first-order valence-corrected chi connectivity index (χ1v) is 32.4. The Balaban J connectivity index is 2.30. The van der Waals surface area contributed by atoms with Gasteiger partial charge in [0.15, 0.2) is 18.9 Å². The van der Waals surface area contributed by atoms with Crippen LogP contribution in [0.1, 0.15) is 210 Å². The summed E-state index contributed by atoms with van der Waals surface area (Å²) < 4.78 is 111. The molecule has 0 bridgehead atoms. The molecule has 0 spiro atoms. The summed E-state index contributed by atoms with van der Waals surface area (Å²) in [6.07, 6.45) is 11.7. The molecular weight excluding hydrogens is 1010 g/mol. The largest absolute Gasteiger partial charge is 0.379 e. The van der Waals surface area contributed by atoms with Crippen molar-refractivity contribution in [2.75, 3.05) is 92.5 Å². The summed E-state index contributed by atoms with van der Waals surface area (Å²) in [6, 6.07) is 0. The van der Waals surface area contributed by atoms with Gasteiger partial charge in [-0.3, -0.25) is 0 Å². The van der Waals surface area contributed by atoms with Crippen LogP contribution in [-0.4, -0.2) is 185 Å². The smallest absolute Gasteiger partial charge is 0.187 e.